The number of benzene rings is 1. The Bertz CT molecular complexity index is 1090. The van der Waals surface area contributed by atoms with Gasteiger partial charge in [-0.1, -0.05) is 23.8 Å². The minimum Gasteiger partial charge on any atom is -0.381 e. The zero-order valence-corrected chi connectivity index (χ0v) is 19.7. The molecule has 0 spiro atoms. The summed E-state index contributed by atoms with van der Waals surface area (Å²) < 4.78 is 64.9. The Hall–Kier alpha value is -2.19. The van der Waals surface area contributed by atoms with E-state index in [1.807, 2.05) is 30.9 Å². The molecule has 184 valence electrons. The fourth-order valence-corrected chi connectivity index (χ4v) is 5.75. The normalized spacial score (nSPS) is 27.4. The van der Waals surface area contributed by atoms with Crippen LogP contribution in [0.4, 0.5) is 19.0 Å². The topological polar surface area (TPSA) is 50.3 Å². The summed E-state index contributed by atoms with van der Waals surface area (Å²) >= 11 is 0. The van der Waals surface area contributed by atoms with E-state index in [4.69, 9.17) is 7.48 Å². The quantitative estimate of drug-likeness (QED) is 0.632. The van der Waals surface area contributed by atoms with Crippen molar-refractivity contribution in [2.24, 2.45) is 17.8 Å². The summed E-state index contributed by atoms with van der Waals surface area (Å²) in [7, 11) is 0. The Kier molecular flexibility index (Phi) is 5.87. The molecule has 0 radical (unpaired) electrons. The number of fused-ring (bicyclic) bond motifs is 1. The molecule has 34 heavy (non-hydrogen) atoms. The molecule has 1 saturated carbocycles. The van der Waals surface area contributed by atoms with E-state index < -0.39 is 18.2 Å². The molecular formula is C26H33F3N4O. The molecule has 2 aromatic rings. The van der Waals surface area contributed by atoms with E-state index in [1.165, 1.54) is 0 Å². The van der Waals surface area contributed by atoms with Gasteiger partial charge in [0.25, 0.3) is 0 Å². The number of nitrogens with one attached hydrogen (secondary N) is 1. The van der Waals surface area contributed by atoms with Crippen molar-refractivity contribution < 1.29 is 20.6 Å². The smallest absolute Gasteiger partial charge is 0.381 e. The van der Waals surface area contributed by atoms with E-state index in [0.29, 0.717) is 44.7 Å². The van der Waals surface area contributed by atoms with Gasteiger partial charge >= 0.3 is 6.18 Å². The highest BCUT2D eigenvalue weighted by Crippen LogP contribution is 2.42. The highest BCUT2D eigenvalue weighted by atomic mass is 19.4. The van der Waals surface area contributed by atoms with Crippen LogP contribution in [0.25, 0.3) is 11.3 Å². The minimum absolute atomic E-state index is 0.0423. The maximum Gasteiger partial charge on any atom is 0.420 e. The first-order chi connectivity index (χ1) is 17.0. The van der Waals surface area contributed by atoms with Crippen molar-refractivity contribution in [2.75, 3.05) is 38.1 Å². The number of aryl methyl sites for hydroxylation is 2. The van der Waals surface area contributed by atoms with E-state index in [2.05, 4.69) is 15.5 Å². The van der Waals surface area contributed by atoms with Gasteiger partial charge in [-0.25, -0.2) is 0 Å². The minimum atomic E-state index is -4.56. The Balaban J connectivity index is 1.28. The first-order valence-electron chi connectivity index (χ1n) is 13.1. The molecule has 1 N–H and O–H groups in total. The van der Waals surface area contributed by atoms with Crippen molar-refractivity contribution in [1.82, 2.24) is 15.1 Å². The first-order valence-corrected chi connectivity index (χ1v) is 12.1. The van der Waals surface area contributed by atoms with Gasteiger partial charge in [0.1, 0.15) is 5.56 Å². The summed E-state index contributed by atoms with van der Waals surface area (Å²) in [6.07, 6.45) is -1.72. The SMILES string of the molecule is [2H]C([2H])(C1CCOCC1)N1CC2CC(Nc3nnc(-c4ccc(C)cc4C)cc3C(F)(F)F)CC2C1. The number of halogens is 3. The molecule has 2 saturated heterocycles. The molecule has 1 aromatic carbocycles. The third-order valence-corrected chi connectivity index (χ3v) is 7.44. The van der Waals surface area contributed by atoms with Crippen LogP contribution in [0.1, 0.15) is 45.1 Å². The number of ether oxygens (including phenoxy) is 1. The van der Waals surface area contributed by atoms with Crippen molar-refractivity contribution in [3.05, 3.63) is 41.0 Å². The lowest BCUT2D eigenvalue weighted by Gasteiger charge is -2.28. The molecule has 3 heterocycles. The fourth-order valence-electron chi connectivity index (χ4n) is 5.75. The zero-order valence-electron chi connectivity index (χ0n) is 21.7. The Morgan fingerprint density at radius 3 is 2.44 bits per heavy atom. The number of hydrogen-bond acceptors (Lipinski definition) is 5. The molecule has 3 fully saturated rings. The van der Waals surface area contributed by atoms with E-state index >= 15 is 0 Å². The van der Waals surface area contributed by atoms with Crippen LogP contribution in [-0.2, 0) is 10.9 Å². The van der Waals surface area contributed by atoms with Crippen LogP contribution in [0, 0.1) is 31.6 Å². The van der Waals surface area contributed by atoms with Crippen LogP contribution in [0.2, 0.25) is 0 Å². The molecule has 5 rings (SSSR count). The second-order valence-electron chi connectivity index (χ2n) is 10.1. The van der Waals surface area contributed by atoms with Gasteiger partial charge in [-0.2, -0.15) is 13.2 Å². The molecule has 0 bridgehead atoms. The Morgan fingerprint density at radius 1 is 1.09 bits per heavy atom. The van der Waals surface area contributed by atoms with Gasteiger partial charge in [0.15, 0.2) is 5.82 Å². The first kappa shape index (κ1) is 21.1. The molecule has 1 aromatic heterocycles. The van der Waals surface area contributed by atoms with Crippen LogP contribution in [0.3, 0.4) is 0 Å². The van der Waals surface area contributed by atoms with Crippen molar-refractivity contribution in [3.63, 3.8) is 0 Å². The Labute approximate surface area is 201 Å². The number of hydrogen-bond donors (Lipinski definition) is 1. The van der Waals surface area contributed by atoms with Crippen LogP contribution < -0.4 is 5.32 Å². The van der Waals surface area contributed by atoms with Gasteiger partial charge in [0.2, 0.25) is 0 Å². The molecule has 1 aliphatic carbocycles. The molecule has 0 amide bonds. The number of alkyl halides is 3. The molecule has 2 unspecified atom stereocenters. The molecule has 5 nitrogen and oxygen atoms in total. The van der Waals surface area contributed by atoms with Crippen LogP contribution in [0.15, 0.2) is 24.3 Å². The summed E-state index contributed by atoms with van der Waals surface area (Å²) in [5.74, 6) is 0.248. The van der Waals surface area contributed by atoms with Gasteiger partial charge in [-0.15, -0.1) is 10.2 Å². The number of anilines is 1. The maximum atomic E-state index is 14.0. The lowest BCUT2D eigenvalue weighted by atomic mass is 10.00. The highest BCUT2D eigenvalue weighted by Gasteiger charge is 2.43. The van der Waals surface area contributed by atoms with Crippen LogP contribution in [-0.4, -0.2) is 53.9 Å². The summed E-state index contributed by atoms with van der Waals surface area (Å²) in [6.45, 7) is 4.88. The Morgan fingerprint density at radius 2 is 1.79 bits per heavy atom. The third kappa shape index (κ3) is 5.08. The average Bonchev–Trinajstić information content (AvgIpc) is 3.39. The maximum absolute atomic E-state index is 14.0. The van der Waals surface area contributed by atoms with Gasteiger partial charge < -0.3 is 15.0 Å². The predicted molar refractivity (Wildman–Crippen MR) is 126 cm³/mol. The van der Waals surface area contributed by atoms with Gasteiger partial charge in [0.05, 0.1) is 5.69 Å². The number of nitrogens with zero attached hydrogens (tertiary/aromatic N) is 3. The van der Waals surface area contributed by atoms with Crippen molar-refractivity contribution >= 4 is 5.82 Å². The summed E-state index contributed by atoms with van der Waals surface area (Å²) in [4.78, 5) is 1.95. The molecule has 8 heteroatoms. The molecular weight excluding hydrogens is 441 g/mol. The summed E-state index contributed by atoms with van der Waals surface area (Å²) in [6, 6.07) is 6.51. The molecule has 3 aliphatic rings. The van der Waals surface area contributed by atoms with E-state index in [9.17, 15) is 13.2 Å². The monoisotopic (exact) mass is 476 g/mol. The fraction of sp³-hybridized carbons (Fsp3) is 0.615. The highest BCUT2D eigenvalue weighted by molar-refractivity contribution is 5.66. The van der Waals surface area contributed by atoms with Crippen LogP contribution >= 0.6 is 0 Å². The lowest BCUT2D eigenvalue weighted by molar-refractivity contribution is -0.137. The van der Waals surface area contributed by atoms with Crippen LogP contribution in [0.5, 0.6) is 0 Å². The summed E-state index contributed by atoms with van der Waals surface area (Å²) in [5.41, 5.74) is 1.93. The number of likely N-dealkylation sites (tertiary alicyclic amines) is 1. The lowest BCUT2D eigenvalue weighted by Crippen LogP contribution is -2.32. The average molecular weight is 477 g/mol. The van der Waals surface area contributed by atoms with E-state index in [0.717, 1.165) is 30.0 Å². The van der Waals surface area contributed by atoms with Crippen molar-refractivity contribution in [3.8, 4) is 11.3 Å². The number of rotatable bonds is 5. The second-order valence-corrected chi connectivity index (χ2v) is 10.1. The zero-order chi connectivity index (χ0) is 25.7. The third-order valence-electron chi connectivity index (χ3n) is 7.44. The largest absolute Gasteiger partial charge is 0.420 e. The summed E-state index contributed by atoms with van der Waals surface area (Å²) in [5, 5.41) is 11.2. The van der Waals surface area contributed by atoms with Crippen molar-refractivity contribution in [2.45, 2.75) is 51.7 Å². The van der Waals surface area contributed by atoms with E-state index in [-0.39, 0.29) is 35.3 Å². The number of aromatic nitrogens is 2. The van der Waals surface area contributed by atoms with E-state index in [1.54, 1.807) is 6.07 Å². The van der Waals surface area contributed by atoms with Gasteiger partial charge in [0, 0.05) is 47.1 Å². The van der Waals surface area contributed by atoms with Gasteiger partial charge in [-0.05, 0) is 68.9 Å². The molecule has 2 aliphatic heterocycles. The predicted octanol–water partition coefficient (Wildman–Crippen LogP) is 5.33. The molecule has 2 atom stereocenters. The van der Waals surface area contributed by atoms with Crippen molar-refractivity contribution in [1.29, 1.82) is 0 Å². The van der Waals surface area contributed by atoms with Gasteiger partial charge in [-0.3, -0.25) is 0 Å². The second kappa shape index (κ2) is 9.46. The standard InChI is InChI=1S/C26H33F3N4O/c1-16-3-4-22(17(2)9-16)24-12-23(26(27,28)29)25(32-31-24)30-21-10-19-14-33(15-20(19)11-21)13-18-5-7-34-8-6-18/h3-4,9,12,18-21H,5-8,10-11,13-15H2,1-2H3,(H,30,32)/i13D2.